The fourth-order valence-electron chi connectivity index (χ4n) is 0.985. The van der Waals surface area contributed by atoms with Crippen molar-refractivity contribution >= 4 is 48.9 Å². The SMILES string of the molecule is CC(=O)CC(C[S-])C(=O)O.CC(=O)NC(C[S-])C(=O)O.[NH2-].[NH2-].[NH2-].[NH2-].[Pd+2].[Pd+2]. The van der Waals surface area contributed by atoms with Crippen LogP contribution < -0.4 is 5.32 Å². The molecule has 2 unspecified atom stereocenters. The summed E-state index contributed by atoms with van der Waals surface area (Å²) in [5.41, 5.74) is 0. The van der Waals surface area contributed by atoms with Crippen LogP contribution in [0, 0.1) is 5.92 Å². The minimum absolute atomic E-state index is 0. The smallest absolute Gasteiger partial charge is 0.792 e. The number of carbonyl (C=O) groups is 4. The quantitative estimate of drug-likeness (QED) is 0.288. The van der Waals surface area contributed by atoms with Gasteiger partial charge in [-0.2, -0.15) is 5.75 Å². The third kappa shape index (κ3) is 31.7. The van der Waals surface area contributed by atoms with Crippen molar-refractivity contribution in [3.05, 3.63) is 24.6 Å². The van der Waals surface area contributed by atoms with E-state index in [2.05, 4.69) is 30.6 Å². The molecule has 11 nitrogen and oxygen atoms in total. The van der Waals surface area contributed by atoms with Crippen molar-refractivity contribution < 1.29 is 70.2 Å². The Hall–Kier alpha value is -0.0553. The van der Waals surface area contributed by atoms with Gasteiger partial charge >= 0.3 is 52.8 Å². The van der Waals surface area contributed by atoms with E-state index in [1.807, 2.05) is 0 Å². The first-order valence-corrected chi connectivity index (χ1v) is 6.69. The molecule has 0 rings (SSSR count). The maximum Gasteiger partial charge on any atom is 2.00 e. The van der Waals surface area contributed by atoms with Gasteiger partial charge in [-0.3, -0.25) is 14.4 Å². The van der Waals surface area contributed by atoms with Crippen LogP contribution >= 0.6 is 0 Å². The molecule has 0 saturated carbocycles. The van der Waals surface area contributed by atoms with E-state index in [0.29, 0.717) is 0 Å². The first kappa shape index (κ1) is 50.1. The van der Waals surface area contributed by atoms with Crippen LogP contribution in [0.4, 0.5) is 0 Å². The molecule has 0 bridgehead atoms. The molecule has 0 aromatic heterocycles. The number of nitrogens with one attached hydrogen (secondary N) is 1. The van der Waals surface area contributed by atoms with Gasteiger partial charge in [0.1, 0.15) is 11.8 Å². The molecule has 11 N–H and O–H groups in total. The summed E-state index contributed by atoms with van der Waals surface area (Å²) in [5, 5.41) is 18.9. The largest absolute Gasteiger partial charge is 2.00 e. The van der Waals surface area contributed by atoms with Gasteiger partial charge in [-0.05, 0) is 6.92 Å². The molecular formula is C11H25N5O6Pd2S2-2. The van der Waals surface area contributed by atoms with Crippen molar-refractivity contribution in [2.45, 2.75) is 26.3 Å². The maximum atomic E-state index is 10.4. The van der Waals surface area contributed by atoms with Crippen molar-refractivity contribution in [2.24, 2.45) is 5.92 Å². The Balaban J connectivity index is -0.0000000337. The Morgan fingerprint density at radius 2 is 1.23 bits per heavy atom. The van der Waals surface area contributed by atoms with Gasteiger partial charge in [0.25, 0.3) is 0 Å². The molecule has 0 heterocycles. The zero-order valence-electron chi connectivity index (χ0n) is 14.1. The Labute approximate surface area is 192 Å². The van der Waals surface area contributed by atoms with Crippen LogP contribution in [0.25, 0.3) is 24.6 Å². The molecule has 0 radical (unpaired) electrons. The normalized spacial score (nSPS) is 9.54. The van der Waals surface area contributed by atoms with E-state index in [4.69, 9.17) is 10.2 Å². The van der Waals surface area contributed by atoms with E-state index in [1.54, 1.807) is 0 Å². The van der Waals surface area contributed by atoms with E-state index < -0.39 is 23.9 Å². The average Bonchev–Trinajstić information content (AvgIpc) is 2.32. The number of aliphatic carboxylic acids is 2. The van der Waals surface area contributed by atoms with Gasteiger partial charge in [-0.15, -0.1) is 5.75 Å². The third-order valence-corrected chi connectivity index (χ3v) is 2.66. The van der Waals surface area contributed by atoms with Gasteiger partial charge in [0.2, 0.25) is 5.91 Å². The van der Waals surface area contributed by atoms with Crippen molar-refractivity contribution in [3.8, 4) is 0 Å². The van der Waals surface area contributed by atoms with Crippen LogP contribution in [0.15, 0.2) is 0 Å². The van der Waals surface area contributed by atoms with Gasteiger partial charge in [-0.1, -0.05) is 0 Å². The topological polar surface area (TPSA) is 255 Å². The van der Waals surface area contributed by atoms with E-state index >= 15 is 0 Å². The number of ketones is 1. The second-order valence-corrected chi connectivity index (χ2v) is 4.53. The summed E-state index contributed by atoms with van der Waals surface area (Å²) in [5.74, 6) is -3.15. The standard InChI is InChI=1S/C6H10O3S.C5H9NO3S.4H2N.2Pd/c1-4(7)2-5(3-10)6(8)9;1-3(7)6-4(2-10)5(8)9;;;;;;/h5,10H,2-3H2,1H3,(H,8,9);4,10H,2H2,1H3,(H,6,7)(H,8,9);4*1H2;;/q;;4*-1;2*+2/p-2. The molecule has 0 aromatic carbocycles. The van der Waals surface area contributed by atoms with Gasteiger partial charge in [0.05, 0.1) is 0 Å². The number of hydrogen-bond acceptors (Lipinski definition) is 6. The number of carbonyl (C=O) groups excluding carboxylic acids is 2. The number of carboxylic acid groups (broad SMARTS) is 2. The van der Waals surface area contributed by atoms with Gasteiger partial charge < -0.3 is 70.2 Å². The van der Waals surface area contributed by atoms with Crippen LogP contribution in [-0.4, -0.2) is 51.4 Å². The molecule has 0 saturated heterocycles. The Kier molecular flexibility index (Phi) is 57.3. The Morgan fingerprint density at radius 1 is 0.846 bits per heavy atom. The number of nitrogens with two attached hydrogens (primary N) is 4. The Morgan fingerprint density at radius 3 is 1.31 bits per heavy atom. The van der Waals surface area contributed by atoms with Crippen LogP contribution in [0.1, 0.15) is 20.3 Å². The summed E-state index contributed by atoms with van der Waals surface area (Å²) < 4.78 is 0. The fraction of sp³-hybridized carbons (Fsp3) is 0.636. The predicted octanol–water partition coefficient (Wildman–Crippen LogP) is 2.20. The summed E-state index contributed by atoms with van der Waals surface area (Å²) in [6.45, 7) is 2.61. The molecule has 164 valence electrons. The van der Waals surface area contributed by atoms with E-state index in [-0.39, 0.29) is 95.1 Å². The van der Waals surface area contributed by atoms with Crippen LogP contribution in [0.5, 0.6) is 0 Å². The number of carboxylic acids is 2. The van der Waals surface area contributed by atoms with Crippen molar-refractivity contribution in [3.63, 3.8) is 0 Å². The number of hydrogen-bond donors (Lipinski definition) is 3. The van der Waals surface area contributed by atoms with Gasteiger partial charge in [0.15, 0.2) is 0 Å². The molecular weight excluding hydrogens is 575 g/mol. The number of amides is 1. The summed E-state index contributed by atoms with van der Waals surface area (Å²) in [6.07, 6.45) is 0.0544. The molecule has 0 aliphatic heterocycles. The van der Waals surface area contributed by atoms with Crippen LogP contribution in [-0.2, 0) is 85.3 Å². The second-order valence-electron chi connectivity index (χ2n) is 3.87. The molecule has 26 heavy (non-hydrogen) atoms. The first-order valence-electron chi connectivity index (χ1n) is 5.54. The van der Waals surface area contributed by atoms with Crippen molar-refractivity contribution in [1.29, 1.82) is 0 Å². The van der Waals surface area contributed by atoms with Crippen LogP contribution in [0.2, 0.25) is 0 Å². The molecule has 15 heteroatoms. The van der Waals surface area contributed by atoms with Gasteiger partial charge in [-0.25, -0.2) is 0 Å². The average molecular weight is 600 g/mol. The maximum absolute atomic E-state index is 10.4. The first-order chi connectivity index (χ1) is 9.15. The summed E-state index contributed by atoms with van der Waals surface area (Å²) in [7, 11) is 0. The molecule has 0 spiro atoms. The summed E-state index contributed by atoms with van der Waals surface area (Å²) >= 11 is 9.01. The molecule has 1 amide bonds. The van der Waals surface area contributed by atoms with E-state index in [1.165, 1.54) is 13.8 Å². The minimum atomic E-state index is -1.09. The zero-order valence-corrected chi connectivity index (χ0v) is 18.8. The molecule has 0 aromatic rings. The summed E-state index contributed by atoms with van der Waals surface area (Å²) in [4.78, 5) is 41.1. The minimum Gasteiger partial charge on any atom is -0.792 e. The van der Waals surface area contributed by atoms with Gasteiger partial charge in [0, 0.05) is 19.3 Å². The predicted molar refractivity (Wildman–Crippen MR) is 97.3 cm³/mol. The van der Waals surface area contributed by atoms with Crippen molar-refractivity contribution in [2.75, 3.05) is 11.5 Å². The molecule has 0 aliphatic carbocycles. The summed E-state index contributed by atoms with van der Waals surface area (Å²) in [6, 6.07) is -0.924. The molecule has 0 aliphatic rings. The van der Waals surface area contributed by atoms with E-state index in [0.717, 1.165) is 0 Å². The molecule has 2 atom stereocenters. The second kappa shape index (κ2) is 29.7. The van der Waals surface area contributed by atoms with Crippen molar-refractivity contribution in [1.82, 2.24) is 5.32 Å². The molecule has 0 fully saturated rings. The van der Waals surface area contributed by atoms with Crippen LogP contribution in [0.3, 0.4) is 0 Å². The number of Topliss-reactive ketones (excluding diaryl/α,β-unsaturated/α-hetero) is 1. The monoisotopic (exact) mass is 599 g/mol. The van der Waals surface area contributed by atoms with E-state index in [9.17, 15) is 19.2 Å². The third-order valence-electron chi connectivity index (χ3n) is 1.93. The Bertz CT molecular complexity index is 349. The number of rotatable bonds is 7. The zero-order chi connectivity index (χ0) is 16.3. The fourth-order valence-corrected chi connectivity index (χ4v) is 1.47.